The van der Waals surface area contributed by atoms with E-state index in [2.05, 4.69) is 10.3 Å². The molecule has 0 bridgehead atoms. The van der Waals surface area contributed by atoms with E-state index in [1.165, 1.54) is 6.07 Å². The maximum Gasteiger partial charge on any atom is 0.416 e. The van der Waals surface area contributed by atoms with Gasteiger partial charge in [0.25, 0.3) is 0 Å². The number of carbonyl (C=O) groups excluding carboxylic acids is 1. The van der Waals surface area contributed by atoms with Crippen LogP contribution in [0.15, 0.2) is 24.4 Å². The molecule has 0 aliphatic rings. The summed E-state index contributed by atoms with van der Waals surface area (Å²) in [6, 6.07) is 3.38. The van der Waals surface area contributed by atoms with Gasteiger partial charge in [-0.2, -0.15) is 13.2 Å². The lowest BCUT2D eigenvalue weighted by Crippen LogP contribution is -2.38. The molecule has 7 heteroatoms. The van der Waals surface area contributed by atoms with Crippen molar-refractivity contribution in [3.8, 4) is 0 Å². The van der Waals surface area contributed by atoms with Gasteiger partial charge in [-0.3, -0.25) is 0 Å². The van der Waals surface area contributed by atoms with Crippen molar-refractivity contribution >= 4 is 17.0 Å². The standard InChI is InChI=1S/C17H21F3N2O2/c1-10(22-15(23)24-16(2,3)4)7-11-9-21-14-8-12(17(18,19)20)5-6-13(11)14/h5-6,8-10,21H,7H2,1-4H3,(H,22,23)/t10-/m1/s1. The fraction of sp³-hybridized carbons (Fsp3) is 0.471. The van der Waals surface area contributed by atoms with Gasteiger partial charge in [0, 0.05) is 23.1 Å². The van der Waals surface area contributed by atoms with E-state index in [1.54, 1.807) is 27.0 Å². The molecule has 1 amide bonds. The molecule has 1 atom stereocenters. The first kappa shape index (κ1) is 18.2. The van der Waals surface area contributed by atoms with Crippen molar-refractivity contribution in [2.24, 2.45) is 0 Å². The molecule has 0 radical (unpaired) electrons. The van der Waals surface area contributed by atoms with E-state index in [1.807, 2.05) is 6.92 Å². The molecule has 1 heterocycles. The van der Waals surface area contributed by atoms with Crippen molar-refractivity contribution in [3.05, 3.63) is 35.5 Å². The molecule has 4 nitrogen and oxygen atoms in total. The summed E-state index contributed by atoms with van der Waals surface area (Å²) < 4.78 is 43.4. The molecule has 0 spiro atoms. The molecule has 0 aliphatic heterocycles. The fourth-order valence-electron chi connectivity index (χ4n) is 2.42. The number of alkyl carbamates (subject to hydrolysis) is 1. The van der Waals surface area contributed by atoms with Crippen molar-refractivity contribution < 1.29 is 22.7 Å². The predicted molar refractivity (Wildman–Crippen MR) is 85.8 cm³/mol. The average molecular weight is 342 g/mol. The number of halogens is 3. The number of nitrogens with one attached hydrogen (secondary N) is 2. The number of benzene rings is 1. The predicted octanol–water partition coefficient (Wildman–Crippen LogP) is 4.64. The molecule has 2 aromatic rings. The Morgan fingerprint density at radius 1 is 1.29 bits per heavy atom. The van der Waals surface area contributed by atoms with E-state index in [-0.39, 0.29) is 6.04 Å². The van der Waals surface area contributed by atoms with Crippen LogP contribution in [0, 0.1) is 0 Å². The molecular weight excluding hydrogens is 321 g/mol. The summed E-state index contributed by atoms with van der Waals surface area (Å²) in [5.41, 5.74) is -0.0200. The zero-order chi connectivity index (χ0) is 18.1. The maximum absolute atomic E-state index is 12.7. The smallest absolute Gasteiger partial charge is 0.416 e. The summed E-state index contributed by atoms with van der Waals surface area (Å²) in [4.78, 5) is 14.6. The Morgan fingerprint density at radius 2 is 1.96 bits per heavy atom. The van der Waals surface area contributed by atoms with E-state index >= 15 is 0 Å². The van der Waals surface area contributed by atoms with Gasteiger partial charge in [-0.05, 0) is 51.8 Å². The number of fused-ring (bicyclic) bond motifs is 1. The van der Waals surface area contributed by atoms with Crippen LogP contribution in [-0.4, -0.2) is 22.7 Å². The molecule has 0 fully saturated rings. The number of ether oxygens (including phenoxy) is 1. The number of rotatable bonds is 3. The summed E-state index contributed by atoms with van der Waals surface area (Å²) >= 11 is 0. The van der Waals surface area contributed by atoms with Crippen LogP contribution in [0.25, 0.3) is 10.9 Å². The molecule has 1 aromatic carbocycles. The fourth-order valence-corrected chi connectivity index (χ4v) is 2.42. The minimum atomic E-state index is -4.37. The highest BCUT2D eigenvalue weighted by Crippen LogP contribution is 2.32. The van der Waals surface area contributed by atoms with Crippen molar-refractivity contribution in [3.63, 3.8) is 0 Å². The minimum absolute atomic E-state index is 0.221. The van der Waals surface area contributed by atoms with Gasteiger partial charge in [0.15, 0.2) is 0 Å². The lowest BCUT2D eigenvalue weighted by Gasteiger charge is -2.21. The van der Waals surface area contributed by atoms with Crippen LogP contribution in [0.2, 0.25) is 0 Å². The topological polar surface area (TPSA) is 54.1 Å². The van der Waals surface area contributed by atoms with Crippen LogP contribution in [0.3, 0.4) is 0 Å². The molecule has 2 rings (SSSR count). The van der Waals surface area contributed by atoms with Crippen LogP contribution in [-0.2, 0) is 17.3 Å². The lowest BCUT2D eigenvalue weighted by molar-refractivity contribution is -0.137. The normalized spacial score (nSPS) is 13.8. The zero-order valence-corrected chi connectivity index (χ0v) is 14.0. The first-order chi connectivity index (χ1) is 11.0. The molecular formula is C17H21F3N2O2. The molecule has 0 unspecified atom stereocenters. The zero-order valence-electron chi connectivity index (χ0n) is 14.0. The number of amides is 1. The van der Waals surface area contributed by atoms with Crippen LogP contribution >= 0.6 is 0 Å². The van der Waals surface area contributed by atoms with Gasteiger partial charge in [-0.1, -0.05) is 6.07 Å². The van der Waals surface area contributed by atoms with Gasteiger partial charge in [0.1, 0.15) is 5.60 Å². The molecule has 1 aromatic heterocycles. The summed E-state index contributed by atoms with van der Waals surface area (Å²) in [6.45, 7) is 7.13. The first-order valence-electron chi connectivity index (χ1n) is 7.62. The highest BCUT2D eigenvalue weighted by molar-refractivity contribution is 5.84. The highest BCUT2D eigenvalue weighted by Gasteiger charge is 2.30. The first-order valence-corrected chi connectivity index (χ1v) is 7.62. The number of aromatic nitrogens is 1. The van der Waals surface area contributed by atoms with E-state index in [0.29, 0.717) is 17.3 Å². The number of hydrogen-bond acceptors (Lipinski definition) is 2. The van der Waals surface area contributed by atoms with E-state index in [0.717, 1.165) is 17.7 Å². The summed E-state index contributed by atoms with van der Waals surface area (Å²) in [5, 5.41) is 3.43. The minimum Gasteiger partial charge on any atom is -0.444 e. The summed E-state index contributed by atoms with van der Waals surface area (Å²) in [5.74, 6) is 0. The third-order valence-corrected chi connectivity index (χ3v) is 3.38. The Hall–Kier alpha value is -2.18. The number of aromatic amines is 1. The molecule has 24 heavy (non-hydrogen) atoms. The Balaban J connectivity index is 2.09. The number of carbonyl (C=O) groups is 1. The Bertz CT molecular complexity index is 729. The van der Waals surface area contributed by atoms with Gasteiger partial charge >= 0.3 is 12.3 Å². The van der Waals surface area contributed by atoms with E-state index in [9.17, 15) is 18.0 Å². The third-order valence-electron chi connectivity index (χ3n) is 3.38. The molecule has 132 valence electrons. The summed E-state index contributed by atoms with van der Waals surface area (Å²) in [6.07, 6.45) is -2.75. The van der Waals surface area contributed by atoms with Crippen LogP contribution in [0.5, 0.6) is 0 Å². The van der Waals surface area contributed by atoms with Gasteiger partial charge in [-0.25, -0.2) is 4.79 Å². The molecule has 2 N–H and O–H groups in total. The number of alkyl halides is 3. The lowest BCUT2D eigenvalue weighted by atomic mass is 10.0. The largest absolute Gasteiger partial charge is 0.444 e. The number of hydrogen-bond donors (Lipinski definition) is 2. The SMILES string of the molecule is C[C@H](Cc1c[nH]c2cc(C(F)(F)F)ccc12)NC(=O)OC(C)(C)C. The third kappa shape index (κ3) is 4.66. The monoisotopic (exact) mass is 342 g/mol. The summed E-state index contributed by atoms with van der Waals surface area (Å²) in [7, 11) is 0. The van der Waals surface area contributed by atoms with Gasteiger partial charge in [0.2, 0.25) is 0 Å². The number of H-pyrrole nitrogens is 1. The van der Waals surface area contributed by atoms with Crippen molar-refractivity contribution in [2.75, 3.05) is 0 Å². The molecule has 0 aliphatic carbocycles. The molecule has 0 saturated heterocycles. The van der Waals surface area contributed by atoms with Crippen molar-refractivity contribution in [1.82, 2.24) is 10.3 Å². The van der Waals surface area contributed by atoms with E-state index in [4.69, 9.17) is 4.74 Å². The Labute approximate surface area is 138 Å². The van der Waals surface area contributed by atoms with Crippen LogP contribution in [0.4, 0.5) is 18.0 Å². The maximum atomic E-state index is 12.7. The second-order valence-electron chi connectivity index (χ2n) is 6.82. The van der Waals surface area contributed by atoms with Crippen LogP contribution in [0.1, 0.15) is 38.8 Å². The van der Waals surface area contributed by atoms with Gasteiger partial charge in [0.05, 0.1) is 5.56 Å². The van der Waals surface area contributed by atoms with Crippen molar-refractivity contribution in [2.45, 2.75) is 51.9 Å². The second kappa shape index (κ2) is 6.37. The Kier molecular flexibility index (Phi) is 4.82. The van der Waals surface area contributed by atoms with Gasteiger partial charge < -0.3 is 15.0 Å². The Morgan fingerprint density at radius 3 is 2.54 bits per heavy atom. The second-order valence-corrected chi connectivity index (χ2v) is 6.82. The van der Waals surface area contributed by atoms with Crippen molar-refractivity contribution in [1.29, 1.82) is 0 Å². The van der Waals surface area contributed by atoms with Gasteiger partial charge in [-0.15, -0.1) is 0 Å². The van der Waals surface area contributed by atoms with E-state index < -0.39 is 23.4 Å². The quantitative estimate of drug-likeness (QED) is 0.853. The average Bonchev–Trinajstić information content (AvgIpc) is 2.77. The highest BCUT2D eigenvalue weighted by atomic mass is 19.4. The molecule has 0 saturated carbocycles. The van der Waals surface area contributed by atoms with Crippen LogP contribution < -0.4 is 5.32 Å².